The molecule has 9 nitrogen and oxygen atoms in total. The molecule has 0 unspecified atom stereocenters. The van der Waals surface area contributed by atoms with E-state index >= 15 is 8.78 Å². The summed E-state index contributed by atoms with van der Waals surface area (Å²) in [5.74, 6) is -3.38. The maximum Gasteiger partial charge on any atom is 0.341 e. The maximum atomic E-state index is 16.2. The first-order valence-corrected chi connectivity index (χ1v) is 13.6. The molecular formula is C30H27F3N6O3. The summed E-state index contributed by atoms with van der Waals surface area (Å²) in [6.45, 7) is 1.03. The van der Waals surface area contributed by atoms with Gasteiger partial charge in [-0.1, -0.05) is 0 Å². The van der Waals surface area contributed by atoms with Gasteiger partial charge in [0, 0.05) is 99.2 Å². The molecule has 0 radical (unpaired) electrons. The van der Waals surface area contributed by atoms with Gasteiger partial charge < -0.3 is 24.8 Å². The highest BCUT2D eigenvalue weighted by molar-refractivity contribution is 5.99. The first-order chi connectivity index (χ1) is 20.0. The van der Waals surface area contributed by atoms with Crippen LogP contribution < -0.4 is 15.6 Å². The van der Waals surface area contributed by atoms with Gasteiger partial charge in [-0.15, -0.1) is 0 Å². The van der Waals surface area contributed by atoms with E-state index in [1.807, 2.05) is 16.8 Å². The van der Waals surface area contributed by atoms with Crippen LogP contribution in [0.1, 0.15) is 28.0 Å². The fourth-order valence-corrected chi connectivity index (χ4v) is 7.04. The van der Waals surface area contributed by atoms with Crippen LogP contribution in [0.5, 0.6) is 0 Å². The number of alkyl halides is 1. The molecule has 2 saturated heterocycles. The van der Waals surface area contributed by atoms with Crippen LogP contribution in [-0.2, 0) is 13.5 Å². The van der Waals surface area contributed by atoms with Crippen molar-refractivity contribution < 1.29 is 23.1 Å². The van der Waals surface area contributed by atoms with Crippen LogP contribution in [-0.4, -0.2) is 76.0 Å². The van der Waals surface area contributed by atoms with E-state index in [0.29, 0.717) is 52.4 Å². The molecule has 0 amide bonds. The second-order valence-corrected chi connectivity index (χ2v) is 11.4. The van der Waals surface area contributed by atoms with Gasteiger partial charge in [-0.05, 0) is 18.7 Å². The van der Waals surface area contributed by atoms with Crippen LogP contribution in [0.25, 0.3) is 33.3 Å². The zero-order valence-corrected chi connectivity index (χ0v) is 23.1. The third-order valence-electron chi connectivity index (χ3n) is 8.92. The number of aromatic carboxylic acids is 1. The molecule has 4 aromatic rings. The monoisotopic (exact) mass is 576 g/mol. The topological polar surface area (TPSA) is 104 Å². The van der Waals surface area contributed by atoms with Gasteiger partial charge >= 0.3 is 5.97 Å². The number of carboxylic acid groups (broad SMARTS) is 1. The normalized spacial score (nSPS) is 21.1. The minimum Gasteiger partial charge on any atom is -0.477 e. The Hall–Kier alpha value is -4.45. The Kier molecular flexibility index (Phi) is 5.68. The number of likely N-dealkylation sites (N-methyl/N-ethyl adjacent to an activating group) is 1. The van der Waals surface area contributed by atoms with E-state index in [0.717, 1.165) is 6.07 Å². The molecule has 0 saturated carbocycles. The van der Waals surface area contributed by atoms with E-state index in [1.165, 1.54) is 17.0 Å². The second-order valence-electron chi connectivity index (χ2n) is 11.4. The highest BCUT2D eigenvalue weighted by Crippen LogP contribution is 2.53. The molecule has 12 heteroatoms. The number of halogens is 3. The van der Waals surface area contributed by atoms with E-state index in [9.17, 15) is 19.1 Å². The van der Waals surface area contributed by atoms with Crippen LogP contribution in [0.15, 0.2) is 35.5 Å². The van der Waals surface area contributed by atoms with Crippen LogP contribution in [0.2, 0.25) is 0 Å². The zero-order chi connectivity index (χ0) is 29.7. The van der Waals surface area contributed by atoms with Crippen LogP contribution >= 0.6 is 0 Å². The van der Waals surface area contributed by atoms with Crippen LogP contribution in [0.4, 0.5) is 24.5 Å². The van der Waals surface area contributed by atoms with Gasteiger partial charge in [-0.3, -0.25) is 9.78 Å². The van der Waals surface area contributed by atoms with E-state index in [4.69, 9.17) is 0 Å². The van der Waals surface area contributed by atoms with Crippen molar-refractivity contribution in [1.29, 1.82) is 0 Å². The molecule has 42 heavy (non-hydrogen) atoms. The average molecular weight is 577 g/mol. The molecule has 5 heterocycles. The van der Waals surface area contributed by atoms with Gasteiger partial charge in [0.05, 0.1) is 22.8 Å². The molecule has 216 valence electrons. The van der Waals surface area contributed by atoms with Crippen molar-refractivity contribution in [3.05, 3.63) is 69.4 Å². The number of anilines is 2. The van der Waals surface area contributed by atoms with Crippen molar-refractivity contribution in [2.45, 2.75) is 24.6 Å². The Morgan fingerprint density at radius 3 is 2.69 bits per heavy atom. The average Bonchev–Trinajstić information content (AvgIpc) is 3.59. The first kappa shape index (κ1) is 26.4. The molecule has 2 atom stereocenters. The number of carboxylic acids is 1. The summed E-state index contributed by atoms with van der Waals surface area (Å²) in [5, 5.41) is 12.6. The number of hydrogen-bond acceptors (Lipinski definition) is 7. The number of aromatic nitrogens is 3. The predicted octanol–water partition coefficient (Wildman–Crippen LogP) is 3.82. The lowest BCUT2D eigenvalue weighted by Gasteiger charge is -2.31. The molecule has 7 rings (SSSR count). The Morgan fingerprint density at radius 1 is 1.17 bits per heavy atom. The first-order valence-electron chi connectivity index (χ1n) is 13.6. The SMILES string of the molecule is CNc1cc(F)c(F)c2c1Cc1ncc(-c3cnc4c(c3)c(=O)c(C(=O)O)cn4C)c(N3CC[C@]4(F)CN(C)C[C@H]34)c1-2. The molecule has 2 fully saturated rings. The minimum atomic E-state index is -1.49. The number of nitrogens with one attached hydrogen (secondary N) is 1. The van der Waals surface area contributed by atoms with E-state index in [2.05, 4.69) is 15.3 Å². The van der Waals surface area contributed by atoms with Gasteiger partial charge in [0.25, 0.3) is 0 Å². The maximum absolute atomic E-state index is 16.2. The van der Waals surface area contributed by atoms with Gasteiger partial charge in [0.15, 0.2) is 11.6 Å². The van der Waals surface area contributed by atoms with Crippen molar-refractivity contribution in [2.24, 2.45) is 7.05 Å². The number of aryl methyl sites for hydroxylation is 1. The third kappa shape index (κ3) is 3.60. The molecule has 3 aromatic heterocycles. The van der Waals surface area contributed by atoms with Gasteiger partial charge in [0.1, 0.15) is 16.9 Å². The highest BCUT2D eigenvalue weighted by Gasteiger charge is 2.54. The number of pyridine rings is 3. The molecule has 2 N–H and O–H groups in total. The number of rotatable bonds is 4. The Morgan fingerprint density at radius 2 is 1.95 bits per heavy atom. The smallest absolute Gasteiger partial charge is 0.341 e. The Labute approximate surface area is 238 Å². The predicted molar refractivity (Wildman–Crippen MR) is 152 cm³/mol. The summed E-state index contributed by atoms with van der Waals surface area (Å²) < 4.78 is 48.3. The highest BCUT2D eigenvalue weighted by atomic mass is 19.2. The molecule has 3 aliphatic rings. The summed E-state index contributed by atoms with van der Waals surface area (Å²) in [5.41, 5.74) is 1.08. The molecule has 0 bridgehead atoms. The fourth-order valence-electron chi connectivity index (χ4n) is 7.04. The number of likely N-dealkylation sites (tertiary alicyclic amines) is 1. The lowest BCUT2D eigenvalue weighted by molar-refractivity contribution is 0.0695. The summed E-state index contributed by atoms with van der Waals surface area (Å²) in [6, 6.07) is 2.12. The summed E-state index contributed by atoms with van der Waals surface area (Å²) in [6.07, 6.45) is 4.86. The minimum absolute atomic E-state index is 0.0818. The van der Waals surface area contributed by atoms with E-state index in [1.54, 1.807) is 26.4 Å². The van der Waals surface area contributed by atoms with Gasteiger partial charge in [0.2, 0.25) is 5.43 Å². The lowest BCUT2D eigenvalue weighted by atomic mass is 9.95. The third-order valence-corrected chi connectivity index (χ3v) is 8.92. The molecule has 1 aromatic carbocycles. The van der Waals surface area contributed by atoms with E-state index < -0.39 is 40.3 Å². The molecule has 2 aliphatic heterocycles. The van der Waals surface area contributed by atoms with Gasteiger partial charge in [-0.25, -0.2) is 22.9 Å². The van der Waals surface area contributed by atoms with Crippen LogP contribution in [0, 0.1) is 11.6 Å². The number of carbonyl (C=O) groups is 1. The fraction of sp³-hybridized carbons (Fsp3) is 0.333. The lowest BCUT2D eigenvalue weighted by Crippen LogP contribution is -2.41. The standard InChI is InChI=1S/C30H27F3N6O3/c1-34-20-8-19(31)25(32)23-15(20)7-21-24(23)26(39-5-4-30(33)13-37(2)12-22(30)39)17(10-35-21)14-6-16-27(40)18(29(41)42)11-38(3)28(16)36-9-14/h6,8-11,22,34H,4-5,7,12-13H2,1-3H3,(H,41,42)/t22-,30-/m0/s1. The second kappa shape index (κ2) is 9.02. The number of fused-ring (bicyclic) bond motifs is 5. The summed E-state index contributed by atoms with van der Waals surface area (Å²) in [4.78, 5) is 37.9. The van der Waals surface area contributed by atoms with Crippen LogP contribution in [0.3, 0.4) is 0 Å². The molecular weight excluding hydrogens is 549 g/mol. The zero-order valence-electron chi connectivity index (χ0n) is 23.1. The summed E-state index contributed by atoms with van der Waals surface area (Å²) >= 11 is 0. The number of nitrogens with zero attached hydrogens (tertiary/aromatic N) is 5. The van der Waals surface area contributed by atoms with Crippen molar-refractivity contribution in [1.82, 2.24) is 19.4 Å². The van der Waals surface area contributed by atoms with E-state index in [-0.39, 0.29) is 36.0 Å². The van der Waals surface area contributed by atoms with Crippen molar-refractivity contribution in [3.63, 3.8) is 0 Å². The molecule has 1 aliphatic carbocycles. The number of hydrogen-bond donors (Lipinski definition) is 2. The van der Waals surface area contributed by atoms with Crippen molar-refractivity contribution in [2.75, 3.05) is 43.9 Å². The van der Waals surface area contributed by atoms with Crippen molar-refractivity contribution >= 4 is 28.4 Å². The Balaban J connectivity index is 1.53. The van der Waals surface area contributed by atoms with Gasteiger partial charge in [-0.2, -0.15) is 0 Å². The summed E-state index contributed by atoms with van der Waals surface area (Å²) in [7, 11) is 5.08. The largest absolute Gasteiger partial charge is 0.477 e. The number of benzene rings is 1. The quantitative estimate of drug-likeness (QED) is 0.333. The Bertz CT molecular complexity index is 1910. The molecule has 0 spiro atoms. The van der Waals surface area contributed by atoms with Crippen molar-refractivity contribution in [3.8, 4) is 22.3 Å².